The number of hydrogen-bond donors (Lipinski definition) is 0. The molecule has 0 heterocycles. The van der Waals surface area contributed by atoms with Crippen molar-refractivity contribution < 1.29 is 14.3 Å². The molecule has 0 aliphatic heterocycles. The average molecular weight is 204 g/mol. The van der Waals surface area contributed by atoms with Gasteiger partial charge in [0.05, 0.1) is 0 Å². The lowest BCUT2D eigenvalue weighted by Crippen LogP contribution is -2.04. The Hall–Kier alpha value is -1.64. The maximum absolute atomic E-state index is 11.7. The molecule has 0 fully saturated rings. The lowest BCUT2D eigenvalue weighted by molar-refractivity contribution is -0.131. The van der Waals surface area contributed by atoms with Gasteiger partial charge in [-0.05, 0) is 24.1 Å². The minimum atomic E-state index is -0.367. The van der Waals surface area contributed by atoms with Gasteiger partial charge in [0.1, 0.15) is 5.75 Å². The number of Topliss-reactive ketones (excluding diaryl/α,β-unsaturated/α-hetero) is 1. The molecule has 15 heavy (non-hydrogen) atoms. The van der Waals surface area contributed by atoms with Crippen molar-refractivity contribution >= 4 is 11.8 Å². The number of carbonyl (C=O) groups is 2. The molecule has 1 unspecified atom stereocenters. The maximum atomic E-state index is 11.7. The van der Waals surface area contributed by atoms with Crippen LogP contribution in [0, 0.1) is 5.92 Å². The SMILES string of the molecule is CC(=O)Oc1ccc2c(c1)C(=O)C(C)C2. The first-order valence-electron chi connectivity index (χ1n) is 4.93. The van der Waals surface area contributed by atoms with Crippen molar-refractivity contribution in [2.24, 2.45) is 5.92 Å². The smallest absolute Gasteiger partial charge is 0.308 e. The summed E-state index contributed by atoms with van der Waals surface area (Å²) in [6.45, 7) is 3.26. The molecule has 1 aromatic carbocycles. The second-order valence-electron chi connectivity index (χ2n) is 3.88. The van der Waals surface area contributed by atoms with Crippen LogP contribution in [-0.2, 0) is 11.2 Å². The summed E-state index contributed by atoms with van der Waals surface area (Å²) in [6.07, 6.45) is 0.786. The van der Waals surface area contributed by atoms with Crippen LogP contribution < -0.4 is 4.74 Å². The van der Waals surface area contributed by atoms with Crippen molar-refractivity contribution in [3.8, 4) is 5.75 Å². The molecule has 0 radical (unpaired) electrons. The lowest BCUT2D eigenvalue weighted by Gasteiger charge is -2.03. The number of esters is 1. The summed E-state index contributed by atoms with van der Waals surface area (Å²) >= 11 is 0. The number of ether oxygens (including phenoxy) is 1. The van der Waals surface area contributed by atoms with E-state index in [9.17, 15) is 9.59 Å². The average Bonchev–Trinajstić information content (AvgIpc) is 2.43. The number of benzene rings is 1. The molecule has 1 aliphatic rings. The summed E-state index contributed by atoms with van der Waals surface area (Å²) < 4.78 is 4.93. The highest BCUT2D eigenvalue weighted by Crippen LogP contribution is 2.29. The van der Waals surface area contributed by atoms with Gasteiger partial charge in [0.25, 0.3) is 0 Å². The Morgan fingerprint density at radius 1 is 1.47 bits per heavy atom. The van der Waals surface area contributed by atoms with E-state index in [2.05, 4.69) is 0 Å². The van der Waals surface area contributed by atoms with Crippen molar-refractivity contribution in [1.82, 2.24) is 0 Å². The van der Waals surface area contributed by atoms with Gasteiger partial charge in [0.15, 0.2) is 5.78 Å². The molecule has 78 valence electrons. The van der Waals surface area contributed by atoms with E-state index in [0.717, 1.165) is 12.0 Å². The van der Waals surface area contributed by atoms with E-state index in [4.69, 9.17) is 4.74 Å². The van der Waals surface area contributed by atoms with Crippen molar-refractivity contribution in [2.45, 2.75) is 20.3 Å². The number of hydrogen-bond acceptors (Lipinski definition) is 3. The zero-order chi connectivity index (χ0) is 11.0. The normalized spacial score (nSPS) is 18.8. The van der Waals surface area contributed by atoms with Gasteiger partial charge >= 0.3 is 5.97 Å². The first kappa shape index (κ1) is 9.90. The fourth-order valence-corrected chi connectivity index (χ4v) is 1.88. The van der Waals surface area contributed by atoms with Crippen LogP contribution in [0.15, 0.2) is 18.2 Å². The predicted molar refractivity (Wildman–Crippen MR) is 54.9 cm³/mol. The van der Waals surface area contributed by atoms with E-state index in [1.165, 1.54) is 6.92 Å². The van der Waals surface area contributed by atoms with Crippen molar-refractivity contribution in [1.29, 1.82) is 0 Å². The van der Waals surface area contributed by atoms with E-state index in [0.29, 0.717) is 11.3 Å². The molecule has 1 aromatic rings. The molecule has 0 amide bonds. The van der Waals surface area contributed by atoms with E-state index >= 15 is 0 Å². The van der Waals surface area contributed by atoms with Gasteiger partial charge in [-0.2, -0.15) is 0 Å². The Labute approximate surface area is 88.1 Å². The fourth-order valence-electron chi connectivity index (χ4n) is 1.88. The Kier molecular flexibility index (Phi) is 2.31. The van der Waals surface area contributed by atoms with Crippen molar-refractivity contribution in [3.63, 3.8) is 0 Å². The second-order valence-corrected chi connectivity index (χ2v) is 3.88. The number of rotatable bonds is 1. The molecule has 1 aliphatic carbocycles. The summed E-state index contributed by atoms with van der Waals surface area (Å²) in [5.41, 5.74) is 1.74. The third-order valence-electron chi connectivity index (χ3n) is 2.58. The highest BCUT2D eigenvalue weighted by Gasteiger charge is 2.27. The quantitative estimate of drug-likeness (QED) is 0.519. The van der Waals surface area contributed by atoms with Gasteiger partial charge in [-0.3, -0.25) is 9.59 Å². The lowest BCUT2D eigenvalue weighted by atomic mass is 10.1. The van der Waals surface area contributed by atoms with Crippen LogP contribution in [-0.4, -0.2) is 11.8 Å². The molecule has 0 N–H and O–H groups in total. The third kappa shape index (κ3) is 1.77. The highest BCUT2D eigenvalue weighted by atomic mass is 16.5. The summed E-state index contributed by atoms with van der Waals surface area (Å²) in [5, 5.41) is 0. The minimum absolute atomic E-state index is 0.0487. The van der Waals surface area contributed by atoms with E-state index < -0.39 is 0 Å². The second kappa shape index (κ2) is 3.50. The summed E-state index contributed by atoms with van der Waals surface area (Å²) in [4.78, 5) is 22.4. The molecule has 3 nitrogen and oxygen atoms in total. The number of ketones is 1. The van der Waals surface area contributed by atoms with Crippen molar-refractivity contribution in [2.75, 3.05) is 0 Å². The zero-order valence-electron chi connectivity index (χ0n) is 8.74. The third-order valence-corrected chi connectivity index (χ3v) is 2.58. The van der Waals surface area contributed by atoms with Crippen molar-refractivity contribution in [3.05, 3.63) is 29.3 Å². The van der Waals surface area contributed by atoms with Gasteiger partial charge in [0, 0.05) is 18.4 Å². The van der Waals surface area contributed by atoms with Crippen LogP contribution in [0.5, 0.6) is 5.75 Å². The van der Waals surface area contributed by atoms with Crippen LogP contribution in [0.3, 0.4) is 0 Å². The van der Waals surface area contributed by atoms with Crippen LogP contribution in [0.25, 0.3) is 0 Å². The molecule has 3 heteroatoms. The standard InChI is InChI=1S/C12H12O3/c1-7-5-9-3-4-10(15-8(2)13)6-11(9)12(7)14/h3-4,6-7H,5H2,1-2H3. The number of fused-ring (bicyclic) bond motifs is 1. The molecule has 2 rings (SSSR count). The number of carbonyl (C=O) groups excluding carboxylic acids is 2. The minimum Gasteiger partial charge on any atom is -0.427 e. The first-order chi connectivity index (χ1) is 7.08. The van der Waals surface area contributed by atoms with E-state index in [-0.39, 0.29) is 17.7 Å². The zero-order valence-corrected chi connectivity index (χ0v) is 8.74. The van der Waals surface area contributed by atoms with Gasteiger partial charge in [-0.1, -0.05) is 13.0 Å². The molecule has 0 saturated heterocycles. The van der Waals surface area contributed by atoms with Crippen LogP contribution in [0.2, 0.25) is 0 Å². The molecule has 0 saturated carbocycles. The van der Waals surface area contributed by atoms with Gasteiger partial charge in [-0.15, -0.1) is 0 Å². The molecule has 0 spiro atoms. The van der Waals surface area contributed by atoms with Crippen LogP contribution in [0.1, 0.15) is 29.8 Å². The summed E-state index contributed by atoms with van der Waals surface area (Å²) in [5.74, 6) is 0.267. The molecular weight excluding hydrogens is 192 g/mol. The monoisotopic (exact) mass is 204 g/mol. The van der Waals surface area contributed by atoms with Gasteiger partial charge < -0.3 is 4.74 Å². The summed E-state index contributed by atoms with van der Waals surface area (Å²) in [7, 11) is 0. The summed E-state index contributed by atoms with van der Waals surface area (Å²) in [6, 6.07) is 5.24. The molecular formula is C12H12O3. The maximum Gasteiger partial charge on any atom is 0.308 e. The van der Waals surface area contributed by atoms with E-state index in [1.54, 1.807) is 12.1 Å². The Bertz CT molecular complexity index is 434. The van der Waals surface area contributed by atoms with Crippen LogP contribution in [0.4, 0.5) is 0 Å². The van der Waals surface area contributed by atoms with Gasteiger partial charge in [0.2, 0.25) is 0 Å². The molecule has 0 aromatic heterocycles. The molecule has 0 bridgehead atoms. The molecule has 1 atom stereocenters. The topological polar surface area (TPSA) is 43.4 Å². The fraction of sp³-hybridized carbons (Fsp3) is 0.333. The largest absolute Gasteiger partial charge is 0.427 e. The van der Waals surface area contributed by atoms with Gasteiger partial charge in [-0.25, -0.2) is 0 Å². The first-order valence-corrected chi connectivity index (χ1v) is 4.93. The van der Waals surface area contributed by atoms with Crippen LogP contribution >= 0.6 is 0 Å². The Morgan fingerprint density at radius 3 is 2.87 bits per heavy atom. The Balaban J connectivity index is 2.35. The Morgan fingerprint density at radius 2 is 2.20 bits per heavy atom. The predicted octanol–water partition coefficient (Wildman–Crippen LogP) is 1.99. The van der Waals surface area contributed by atoms with E-state index in [1.807, 2.05) is 13.0 Å². The highest BCUT2D eigenvalue weighted by molar-refractivity contribution is 6.02.